The molecular formula is C13H18N4. The number of aromatic nitrogens is 3. The van der Waals surface area contributed by atoms with Gasteiger partial charge in [0.25, 0.3) is 0 Å². The van der Waals surface area contributed by atoms with Crippen LogP contribution in [0.2, 0.25) is 0 Å². The van der Waals surface area contributed by atoms with E-state index in [1.807, 2.05) is 35.9 Å². The minimum absolute atomic E-state index is 0.468. The van der Waals surface area contributed by atoms with Gasteiger partial charge in [0.1, 0.15) is 11.6 Å². The maximum absolute atomic E-state index is 4.61. The lowest BCUT2D eigenvalue weighted by molar-refractivity contribution is 0.581. The second-order valence-corrected chi connectivity index (χ2v) is 4.37. The quantitative estimate of drug-likeness (QED) is 0.874. The SMILES string of the molecule is Cc1nccn1-c1cccc(CNC(C)C)n1. The van der Waals surface area contributed by atoms with Crippen molar-refractivity contribution in [2.24, 2.45) is 0 Å². The Morgan fingerprint density at radius 2 is 2.18 bits per heavy atom. The molecule has 0 saturated carbocycles. The lowest BCUT2D eigenvalue weighted by Crippen LogP contribution is -2.22. The Balaban J connectivity index is 2.20. The monoisotopic (exact) mass is 230 g/mol. The largest absolute Gasteiger partial charge is 0.309 e. The summed E-state index contributed by atoms with van der Waals surface area (Å²) in [6.07, 6.45) is 3.72. The fraction of sp³-hybridized carbons (Fsp3) is 0.385. The Hall–Kier alpha value is -1.68. The van der Waals surface area contributed by atoms with Crippen molar-refractivity contribution in [3.8, 4) is 5.82 Å². The number of hydrogen-bond acceptors (Lipinski definition) is 3. The molecule has 17 heavy (non-hydrogen) atoms. The average Bonchev–Trinajstić information content (AvgIpc) is 2.73. The highest BCUT2D eigenvalue weighted by atomic mass is 15.1. The summed E-state index contributed by atoms with van der Waals surface area (Å²) in [5.41, 5.74) is 1.05. The lowest BCUT2D eigenvalue weighted by atomic mass is 10.3. The highest BCUT2D eigenvalue weighted by molar-refractivity contribution is 5.26. The Morgan fingerprint density at radius 3 is 2.82 bits per heavy atom. The predicted molar refractivity (Wildman–Crippen MR) is 68.1 cm³/mol. The van der Waals surface area contributed by atoms with E-state index in [1.54, 1.807) is 6.20 Å². The molecule has 0 spiro atoms. The maximum Gasteiger partial charge on any atom is 0.138 e. The molecule has 0 radical (unpaired) electrons. The highest BCUT2D eigenvalue weighted by Crippen LogP contribution is 2.08. The molecule has 4 nitrogen and oxygen atoms in total. The molecule has 4 heteroatoms. The van der Waals surface area contributed by atoms with Crippen molar-refractivity contribution in [2.45, 2.75) is 33.4 Å². The Kier molecular flexibility index (Phi) is 3.54. The van der Waals surface area contributed by atoms with Crippen LogP contribution in [0.15, 0.2) is 30.6 Å². The first-order chi connectivity index (χ1) is 8.16. The van der Waals surface area contributed by atoms with Crippen molar-refractivity contribution in [2.75, 3.05) is 0 Å². The molecule has 0 aliphatic heterocycles. The molecule has 0 bridgehead atoms. The smallest absolute Gasteiger partial charge is 0.138 e. The van der Waals surface area contributed by atoms with Crippen molar-refractivity contribution in [3.63, 3.8) is 0 Å². The van der Waals surface area contributed by atoms with Crippen molar-refractivity contribution in [1.29, 1.82) is 0 Å². The van der Waals surface area contributed by atoms with Crippen LogP contribution in [0.3, 0.4) is 0 Å². The van der Waals surface area contributed by atoms with Crippen LogP contribution in [-0.4, -0.2) is 20.6 Å². The number of nitrogens with zero attached hydrogens (tertiary/aromatic N) is 3. The van der Waals surface area contributed by atoms with E-state index in [2.05, 4.69) is 29.1 Å². The molecule has 90 valence electrons. The summed E-state index contributed by atoms with van der Waals surface area (Å²) >= 11 is 0. The molecule has 2 rings (SSSR count). The third kappa shape index (κ3) is 2.91. The zero-order valence-electron chi connectivity index (χ0n) is 10.5. The van der Waals surface area contributed by atoms with Gasteiger partial charge in [-0.1, -0.05) is 19.9 Å². The Morgan fingerprint density at radius 1 is 1.35 bits per heavy atom. The molecule has 2 heterocycles. The molecule has 0 fully saturated rings. The van der Waals surface area contributed by atoms with Gasteiger partial charge < -0.3 is 5.32 Å². The van der Waals surface area contributed by atoms with Crippen molar-refractivity contribution in [1.82, 2.24) is 19.9 Å². The molecule has 0 amide bonds. The number of imidazole rings is 1. The van der Waals surface area contributed by atoms with Gasteiger partial charge in [-0.3, -0.25) is 4.57 Å². The van der Waals surface area contributed by atoms with Crippen molar-refractivity contribution >= 4 is 0 Å². The van der Waals surface area contributed by atoms with Gasteiger partial charge in [-0.15, -0.1) is 0 Å². The summed E-state index contributed by atoms with van der Waals surface area (Å²) in [6, 6.07) is 6.52. The summed E-state index contributed by atoms with van der Waals surface area (Å²) in [5.74, 6) is 1.87. The molecule has 2 aromatic rings. The molecule has 2 aromatic heterocycles. The van der Waals surface area contributed by atoms with E-state index in [1.165, 1.54) is 0 Å². The lowest BCUT2D eigenvalue weighted by Gasteiger charge is -2.09. The van der Waals surface area contributed by atoms with Crippen LogP contribution in [-0.2, 0) is 6.54 Å². The van der Waals surface area contributed by atoms with Gasteiger partial charge in [0, 0.05) is 25.0 Å². The van der Waals surface area contributed by atoms with E-state index >= 15 is 0 Å². The van der Waals surface area contributed by atoms with Crippen LogP contribution in [0.1, 0.15) is 25.4 Å². The highest BCUT2D eigenvalue weighted by Gasteiger charge is 2.03. The minimum Gasteiger partial charge on any atom is -0.309 e. The summed E-state index contributed by atoms with van der Waals surface area (Å²) in [5, 5.41) is 3.36. The van der Waals surface area contributed by atoms with Crippen LogP contribution in [0.5, 0.6) is 0 Å². The fourth-order valence-corrected chi connectivity index (χ4v) is 1.63. The average molecular weight is 230 g/mol. The van der Waals surface area contributed by atoms with Gasteiger partial charge >= 0.3 is 0 Å². The van der Waals surface area contributed by atoms with Gasteiger partial charge in [-0.05, 0) is 19.1 Å². The first-order valence-corrected chi connectivity index (χ1v) is 5.86. The zero-order chi connectivity index (χ0) is 12.3. The van der Waals surface area contributed by atoms with E-state index in [9.17, 15) is 0 Å². The topological polar surface area (TPSA) is 42.7 Å². The third-order valence-electron chi connectivity index (χ3n) is 2.56. The molecular weight excluding hydrogens is 212 g/mol. The van der Waals surface area contributed by atoms with Crippen LogP contribution >= 0.6 is 0 Å². The summed E-state index contributed by atoms with van der Waals surface area (Å²) in [6.45, 7) is 7.02. The molecule has 1 N–H and O–H groups in total. The number of pyridine rings is 1. The predicted octanol–water partition coefficient (Wildman–Crippen LogP) is 2.07. The number of aryl methyl sites for hydroxylation is 1. The Bertz CT molecular complexity index is 488. The first-order valence-electron chi connectivity index (χ1n) is 5.86. The van der Waals surface area contributed by atoms with Gasteiger partial charge in [0.2, 0.25) is 0 Å². The Labute approximate surface area is 102 Å². The standard InChI is InChI=1S/C13H18N4/c1-10(2)15-9-12-5-4-6-13(16-12)17-8-7-14-11(17)3/h4-8,10,15H,9H2,1-3H3. The molecule has 0 unspecified atom stereocenters. The van der Waals surface area contributed by atoms with Gasteiger partial charge in [0.15, 0.2) is 0 Å². The number of rotatable bonds is 4. The number of nitrogens with one attached hydrogen (secondary N) is 1. The molecule has 0 aromatic carbocycles. The summed E-state index contributed by atoms with van der Waals surface area (Å²) < 4.78 is 1.98. The van der Waals surface area contributed by atoms with Crippen LogP contribution in [0.4, 0.5) is 0 Å². The van der Waals surface area contributed by atoms with Gasteiger partial charge in [0.05, 0.1) is 5.69 Å². The van der Waals surface area contributed by atoms with Crippen molar-refractivity contribution in [3.05, 3.63) is 42.1 Å². The molecule has 0 aliphatic rings. The minimum atomic E-state index is 0.468. The zero-order valence-corrected chi connectivity index (χ0v) is 10.5. The summed E-state index contributed by atoms with van der Waals surface area (Å²) in [4.78, 5) is 8.81. The fourth-order valence-electron chi connectivity index (χ4n) is 1.63. The van der Waals surface area contributed by atoms with Crippen LogP contribution < -0.4 is 5.32 Å². The normalized spacial score (nSPS) is 11.1. The number of hydrogen-bond donors (Lipinski definition) is 1. The van der Waals surface area contributed by atoms with Crippen LogP contribution in [0.25, 0.3) is 5.82 Å². The second kappa shape index (κ2) is 5.10. The third-order valence-corrected chi connectivity index (χ3v) is 2.56. The molecule has 0 atom stereocenters. The van der Waals surface area contributed by atoms with E-state index in [-0.39, 0.29) is 0 Å². The van der Waals surface area contributed by atoms with Crippen LogP contribution in [0, 0.1) is 6.92 Å². The van der Waals surface area contributed by atoms with E-state index < -0.39 is 0 Å². The van der Waals surface area contributed by atoms with Crippen molar-refractivity contribution < 1.29 is 0 Å². The second-order valence-electron chi connectivity index (χ2n) is 4.37. The first kappa shape index (κ1) is 11.8. The van der Waals surface area contributed by atoms with Gasteiger partial charge in [-0.25, -0.2) is 9.97 Å². The van der Waals surface area contributed by atoms with E-state index in [0.29, 0.717) is 6.04 Å². The summed E-state index contributed by atoms with van der Waals surface area (Å²) in [7, 11) is 0. The maximum atomic E-state index is 4.61. The van der Waals surface area contributed by atoms with Gasteiger partial charge in [-0.2, -0.15) is 0 Å². The van der Waals surface area contributed by atoms with E-state index in [4.69, 9.17) is 0 Å². The molecule has 0 aliphatic carbocycles. The molecule has 0 saturated heterocycles. The van der Waals surface area contributed by atoms with E-state index in [0.717, 1.165) is 23.9 Å².